The second-order valence-corrected chi connectivity index (χ2v) is 8.55. The summed E-state index contributed by atoms with van der Waals surface area (Å²) in [6.45, 7) is 2.42. The summed E-state index contributed by atoms with van der Waals surface area (Å²) in [7, 11) is 0. The molecule has 3 heterocycles. The Balaban J connectivity index is 1.33. The quantitative estimate of drug-likeness (QED) is 0.303. The molecule has 3 aromatic carbocycles. The van der Waals surface area contributed by atoms with Gasteiger partial charge in [-0.05, 0) is 54.3 Å². The highest BCUT2D eigenvalue weighted by Crippen LogP contribution is 2.37. The summed E-state index contributed by atoms with van der Waals surface area (Å²) >= 11 is 6.51. The first-order valence-electron chi connectivity index (χ1n) is 10.8. The van der Waals surface area contributed by atoms with Crippen molar-refractivity contribution in [1.29, 1.82) is 0 Å². The highest BCUT2D eigenvalue weighted by atomic mass is 35.5. The fraction of sp³-hybridized carbons (Fsp3) is 0.0714. The Morgan fingerprint density at radius 2 is 1.64 bits per heavy atom. The van der Waals surface area contributed by atoms with Gasteiger partial charge in [-0.2, -0.15) is 0 Å². The van der Waals surface area contributed by atoms with Crippen molar-refractivity contribution in [3.8, 4) is 16.9 Å². The van der Waals surface area contributed by atoms with E-state index in [2.05, 4.69) is 39.2 Å². The number of aromatic nitrogens is 3. The van der Waals surface area contributed by atoms with E-state index in [-0.39, 0.29) is 0 Å². The Morgan fingerprint density at radius 1 is 0.818 bits per heavy atom. The Labute approximate surface area is 195 Å². The fourth-order valence-electron chi connectivity index (χ4n) is 4.43. The first kappa shape index (κ1) is 19.8. The molecule has 0 saturated heterocycles. The van der Waals surface area contributed by atoms with Crippen LogP contribution in [0.25, 0.3) is 43.7 Å². The molecule has 0 radical (unpaired) electrons. The van der Waals surface area contributed by atoms with Crippen LogP contribution in [0.3, 0.4) is 0 Å². The lowest BCUT2D eigenvalue weighted by atomic mass is 10.0. The van der Waals surface area contributed by atoms with Gasteiger partial charge in [0.2, 0.25) is 0 Å². The summed E-state index contributed by atoms with van der Waals surface area (Å²) in [5.74, 6) is 0.795. The monoisotopic (exact) mass is 449 g/mol. The van der Waals surface area contributed by atoms with Crippen LogP contribution in [-0.4, -0.2) is 15.0 Å². The van der Waals surface area contributed by atoms with Crippen LogP contribution in [0.15, 0.2) is 85.2 Å². The Kier molecular flexibility index (Phi) is 4.74. The SMILES string of the molecule is Cc1nccc2c1[nH]c1c(-c3ccc(OCc4nccc5ccccc45)cc3)cc(Cl)cc12. The molecule has 160 valence electrons. The summed E-state index contributed by atoms with van der Waals surface area (Å²) in [6, 6.07) is 24.4. The van der Waals surface area contributed by atoms with Crippen LogP contribution >= 0.6 is 11.6 Å². The molecular weight excluding hydrogens is 430 g/mol. The number of nitrogens with zero attached hydrogens (tertiary/aromatic N) is 2. The first-order valence-corrected chi connectivity index (χ1v) is 11.2. The van der Waals surface area contributed by atoms with E-state index in [0.29, 0.717) is 11.6 Å². The molecule has 0 spiro atoms. The lowest BCUT2D eigenvalue weighted by molar-refractivity contribution is 0.303. The smallest absolute Gasteiger partial charge is 0.131 e. The lowest BCUT2D eigenvalue weighted by Gasteiger charge is -2.10. The maximum Gasteiger partial charge on any atom is 0.131 e. The summed E-state index contributed by atoms with van der Waals surface area (Å²) in [4.78, 5) is 12.5. The van der Waals surface area contributed by atoms with E-state index in [0.717, 1.165) is 60.8 Å². The van der Waals surface area contributed by atoms with Gasteiger partial charge < -0.3 is 9.72 Å². The summed E-state index contributed by atoms with van der Waals surface area (Å²) in [5, 5.41) is 5.20. The molecule has 4 nitrogen and oxygen atoms in total. The van der Waals surface area contributed by atoms with E-state index in [1.165, 1.54) is 0 Å². The van der Waals surface area contributed by atoms with Gasteiger partial charge in [0.25, 0.3) is 0 Å². The fourth-order valence-corrected chi connectivity index (χ4v) is 4.65. The van der Waals surface area contributed by atoms with Crippen LogP contribution in [0.4, 0.5) is 0 Å². The molecular formula is C28H20ClN3O. The van der Waals surface area contributed by atoms with Crippen molar-refractivity contribution in [3.05, 3.63) is 102 Å². The van der Waals surface area contributed by atoms with Gasteiger partial charge >= 0.3 is 0 Å². The average molecular weight is 450 g/mol. The second-order valence-electron chi connectivity index (χ2n) is 8.11. The van der Waals surface area contributed by atoms with Crippen LogP contribution in [0.1, 0.15) is 11.4 Å². The van der Waals surface area contributed by atoms with Crippen molar-refractivity contribution in [3.63, 3.8) is 0 Å². The van der Waals surface area contributed by atoms with Crippen molar-refractivity contribution in [1.82, 2.24) is 15.0 Å². The third-order valence-corrected chi connectivity index (χ3v) is 6.30. The second kappa shape index (κ2) is 7.91. The predicted octanol–water partition coefficient (Wildman–Crippen LogP) is 7.47. The molecule has 6 aromatic rings. The number of halogens is 1. The first-order chi connectivity index (χ1) is 16.2. The molecule has 0 saturated carbocycles. The van der Waals surface area contributed by atoms with Crippen LogP contribution in [0.5, 0.6) is 5.75 Å². The van der Waals surface area contributed by atoms with Crippen LogP contribution in [-0.2, 0) is 6.61 Å². The topological polar surface area (TPSA) is 50.8 Å². The standard InChI is InChI=1S/C28H20ClN3O/c1-17-27-23(11-13-30-17)25-15-20(29)14-24(28(25)32-27)19-6-8-21(9-7-19)33-16-26-22-5-3-2-4-18(22)10-12-31-26/h2-15,32H,16H2,1H3. The highest BCUT2D eigenvalue weighted by Gasteiger charge is 2.13. The van der Waals surface area contributed by atoms with Gasteiger partial charge in [-0.1, -0.05) is 48.0 Å². The number of H-pyrrole nitrogens is 1. The molecule has 1 N–H and O–H groups in total. The maximum atomic E-state index is 6.51. The van der Waals surface area contributed by atoms with E-state index in [4.69, 9.17) is 16.3 Å². The van der Waals surface area contributed by atoms with Crippen molar-refractivity contribution in [2.75, 3.05) is 0 Å². The molecule has 0 atom stereocenters. The van der Waals surface area contributed by atoms with Crippen molar-refractivity contribution in [2.24, 2.45) is 0 Å². The summed E-state index contributed by atoms with van der Waals surface area (Å²) < 4.78 is 6.06. The molecule has 0 fully saturated rings. The molecule has 3 aromatic heterocycles. The lowest BCUT2D eigenvalue weighted by Crippen LogP contribution is -1.99. The average Bonchev–Trinajstić information content (AvgIpc) is 3.22. The van der Waals surface area contributed by atoms with Crippen molar-refractivity contribution >= 4 is 44.2 Å². The number of ether oxygens (including phenoxy) is 1. The molecule has 5 heteroatoms. The Morgan fingerprint density at radius 3 is 2.52 bits per heavy atom. The minimum atomic E-state index is 0.413. The third-order valence-electron chi connectivity index (χ3n) is 6.08. The molecule has 6 rings (SSSR count). The highest BCUT2D eigenvalue weighted by molar-refractivity contribution is 6.32. The number of aromatic amines is 1. The Hall–Kier alpha value is -3.89. The van der Waals surface area contributed by atoms with E-state index in [1.807, 2.05) is 67.8 Å². The number of nitrogens with one attached hydrogen (secondary N) is 1. The number of pyridine rings is 2. The van der Waals surface area contributed by atoms with E-state index >= 15 is 0 Å². The minimum Gasteiger partial charge on any atom is -0.487 e. The Bertz CT molecular complexity index is 1630. The zero-order chi connectivity index (χ0) is 22.4. The number of aryl methyl sites for hydroxylation is 1. The van der Waals surface area contributed by atoms with Gasteiger partial charge in [0, 0.05) is 39.1 Å². The third kappa shape index (κ3) is 3.49. The van der Waals surface area contributed by atoms with Crippen molar-refractivity contribution < 1.29 is 4.74 Å². The maximum absolute atomic E-state index is 6.51. The summed E-state index contributed by atoms with van der Waals surface area (Å²) in [5.41, 5.74) is 6.11. The van der Waals surface area contributed by atoms with Gasteiger partial charge in [0.15, 0.2) is 0 Å². The molecule has 0 unspecified atom stereocenters. The number of rotatable bonds is 4. The number of benzene rings is 3. The van der Waals surface area contributed by atoms with E-state index < -0.39 is 0 Å². The summed E-state index contributed by atoms with van der Waals surface area (Å²) in [6.07, 6.45) is 3.66. The number of hydrogen-bond acceptors (Lipinski definition) is 3. The molecule has 0 aliphatic heterocycles. The minimum absolute atomic E-state index is 0.413. The molecule has 0 aliphatic carbocycles. The predicted molar refractivity (Wildman–Crippen MR) is 135 cm³/mol. The molecule has 0 amide bonds. The largest absolute Gasteiger partial charge is 0.487 e. The van der Waals surface area contributed by atoms with E-state index in [1.54, 1.807) is 0 Å². The number of hydrogen-bond donors (Lipinski definition) is 1. The van der Waals surface area contributed by atoms with Gasteiger partial charge in [-0.15, -0.1) is 0 Å². The molecule has 0 aliphatic rings. The van der Waals surface area contributed by atoms with Gasteiger partial charge in [0.1, 0.15) is 12.4 Å². The molecule has 0 bridgehead atoms. The zero-order valence-corrected chi connectivity index (χ0v) is 18.7. The van der Waals surface area contributed by atoms with Crippen LogP contribution in [0.2, 0.25) is 5.02 Å². The van der Waals surface area contributed by atoms with Crippen LogP contribution in [0, 0.1) is 6.92 Å². The normalized spacial score (nSPS) is 11.5. The van der Waals surface area contributed by atoms with Gasteiger partial charge in [-0.25, -0.2) is 0 Å². The van der Waals surface area contributed by atoms with E-state index in [9.17, 15) is 0 Å². The number of fused-ring (bicyclic) bond motifs is 4. The van der Waals surface area contributed by atoms with Crippen molar-refractivity contribution in [2.45, 2.75) is 13.5 Å². The zero-order valence-electron chi connectivity index (χ0n) is 18.0. The van der Waals surface area contributed by atoms with Gasteiger partial charge in [-0.3, -0.25) is 9.97 Å². The van der Waals surface area contributed by atoms with Gasteiger partial charge in [0.05, 0.1) is 22.4 Å². The molecule has 33 heavy (non-hydrogen) atoms. The van der Waals surface area contributed by atoms with Crippen LogP contribution < -0.4 is 4.74 Å².